The van der Waals surface area contributed by atoms with Crippen molar-refractivity contribution >= 4 is 0 Å². The van der Waals surface area contributed by atoms with E-state index < -0.39 is 0 Å². The first kappa shape index (κ1) is 6.64. The van der Waals surface area contributed by atoms with Crippen LogP contribution in [-0.4, -0.2) is 4.98 Å². The maximum absolute atomic E-state index is 3.78. The fourth-order valence-electron chi connectivity index (χ4n) is 0.313. The first-order chi connectivity index (χ1) is 3.00. The van der Waals surface area contributed by atoms with Crippen LogP contribution < -0.4 is 0 Å². The summed E-state index contributed by atoms with van der Waals surface area (Å²) in [6.07, 6.45) is 3.50. The molecule has 1 aromatic rings. The average molecular weight is 138 g/mol. The maximum Gasteiger partial charge on any atom is 0.0267 e. The van der Waals surface area contributed by atoms with Crippen LogP contribution in [0.4, 0.5) is 0 Å². The SMILES string of the molecule is [Ni].c1ccncc1. The molecule has 0 bridgehead atoms. The van der Waals surface area contributed by atoms with E-state index in [9.17, 15) is 0 Å². The van der Waals surface area contributed by atoms with Gasteiger partial charge in [0, 0.05) is 28.9 Å². The van der Waals surface area contributed by atoms with Crippen LogP contribution in [0.25, 0.3) is 0 Å². The van der Waals surface area contributed by atoms with E-state index in [4.69, 9.17) is 0 Å². The first-order valence-corrected chi connectivity index (χ1v) is 1.85. The summed E-state index contributed by atoms with van der Waals surface area (Å²) in [6.45, 7) is 0. The van der Waals surface area contributed by atoms with Crippen molar-refractivity contribution in [3.8, 4) is 0 Å². The molecule has 1 heterocycles. The number of hydrogen-bond acceptors (Lipinski definition) is 1. The predicted octanol–water partition coefficient (Wildman–Crippen LogP) is 1.08. The Hall–Kier alpha value is -0.356. The summed E-state index contributed by atoms with van der Waals surface area (Å²) in [7, 11) is 0. The summed E-state index contributed by atoms with van der Waals surface area (Å²) in [5.74, 6) is 0. The predicted molar refractivity (Wildman–Crippen MR) is 24.2 cm³/mol. The molecular weight excluding hydrogens is 133 g/mol. The number of nitrogens with zero attached hydrogens (tertiary/aromatic N) is 1. The van der Waals surface area contributed by atoms with Crippen molar-refractivity contribution in [1.82, 2.24) is 4.98 Å². The molecule has 0 aliphatic rings. The Morgan fingerprint density at radius 3 is 1.57 bits per heavy atom. The van der Waals surface area contributed by atoms with Gasteiger partial charge in [-0.1, -0.05) is 6.07 Å². The van der Waals surface area contributed by atoms with Crippen molar-refractivity contribution in [2.24, 2.45) is 0 Å². The minimum absolute atomic E-state index is 0. The van der Waals surface area contributed by atoms with E-state index in [2.05, 4.69) is 4.98 Å². The topological polar surface area (TPSA) is 12.9 Å². The summed E-state index contributed by atoms with van der Waals surface area (Å²) in [4.78, 5) is 3.78. The second-order valence-electron chi connectivity index (χ2n) is 1.02. The van der Waals surface area contributed by atoms with Gasteiger partial charge in [-0.25, -0.2) is 0 Å². The molecule has 0 N–H and O–H groups in total. The molecule has 0 spiro atoms. The van der Waals surface area contributed by atoms with Gasteiger partial charge in [-0.2, -0.15) is 0 Å². The van der Waals surface area contributed by atoms with E-state index in [0.29, 0.717) is 0 Å². The van der Waals surface area contributed by atoms with E-state index in [1.54, 1.807) is 12.4 Å². The Morgan fingerprint density at radius 2 is 1.43 bits per heavy atom. The first-order valence-electron chi connectivity index (χ1n) is 1.85. The molecule has 0 aliphatic carbocycles. The van der Waals surface area contributed by atoms with Gasteiger partial charge in [0.2, 0.25) is 0 Å². The van der Waals surface area contributed by atoms with Gasteiger partial charge in [-0.05, 0) is 12.1 Å². The van der Waals surface area contributed by atoms with Gasteiger partial charge >= 0.3 is 0 Å². The van der Waals surface area contributed by atoms with Gasteiger partial charge in [0.1, 0.15) is 0 Å². The normalized spacial score (nSPS) is 6.86. The number of hydrogen-bond donors (Lipinski definition) is 0. The minimum atomic E-state index is 0. The van der Waals surface area contributed by atoms with Crippen LogP contribution >= 0.6 is 0 Å². The number of pyridine rings is 1. The van der Waals surface area contributed by atoms with Crippen LogP contribution in [0.2, 0.25) is 0 Å². The van der Waals surface area contributed by atoms with Crippen molar-refractivity contribution in [3.63, 3.8) is 0 Å². The molecule has 0 unspecified atom stereocenters. The smallest absolute Gasteiger partial charge is 0.0267 e. The van der Waals surface area contributed by atoms with E-state index in [1.165, 1.54) is 0 Å². The zero-order valence-electron chi connectivity index (χ0n) is 3.65. The van der Waals surface area contributed by atoms with Crippen molar-refractivity contribution in [3.05, 3.63) is 30.6 Å². The van der Waals surface area contributed by atoms with Crippen LogP contribution in [-0.2, 0) is 16.5 Å². The molecule has 0 saturated heterocycles. The van der Waals surface area contributed by atoms with Gasteiger partial charge in [0.15, 0.2) is 0 Å². The van der Waals surface area contributed by atoms with Crippen molar-refractivity contribution in [2.45, 2.75) is 0 Å². The fraction of sp³-hybridized carbons (Fsp3) is 0. The molecule has 0 amide bonds. The Labute approximate surface area is 52.7 Å². The van der Waals surface area contributed by atoms with Crippen LogP contribution in [0, 0.1) is 0 Å². The second-order valence-corrected chi connectivity index (χ2v) is 1.02. The monoisotopic (exact) mass is 137 g/mol. The number of aromatic nitrogens is 1. The molecular formula is C5H5NNi. The standard InChI is InChI=1S/C5H5N.Ni/c1-2-4-6-5-3-1;/h1-5H;. The molecule has 0 fully saturated rings. The van der Waals surface area contributed by atoms with Gasteiger partial charge in [0.05, 0.1) is 0 Å². The third kappa shape index (κ3) is 2.35. The molecule has 0 aromatic carbocycles. The van der Waals surface area contributed by atoms with Crippen LogP contribution in [0.3, 0.4) is 0 Å². The quantitative estimate of drug-likeness (QED) is 0.488. The van der Waals surface area contributed by atoms with E-state index in [1.807, 2.05) is 18.2 Å². The van der Waals surface area contributed by atoms with Gasteiger partial charge in [0.25, 0.3) is 0 Å². The third-order valence-electron chi connectivity index (χ3n) is 0.566. The summed E-state index contributed by atoms with van der Waals surface area (Å²) < 4.78 is 0. The average Bonchev–Trinajstić information content (AvgIpc) is 1.72. The van der Waals surface area contributed by atoms with Crippen LogP contribution in [0.5, 0.6) is 0 Å². The number of rotatable bonds is 0. The molecule has 1 rings (SSSR count). The fourth-order valence-corrected chi connectivity index (χ4v) is 0.313. The molecule has 0 saturated carbocycles. The molecule has 0 atom stereocenters. The van der Waals surface area contributed by atoms with Crippen LogP contribution in [0.15, 0.2) is 30.6 Å². The zero-order chi connectivity index (χ0) is 4.24. The van der Waals surface area contributed by atoms with Crippen molar-refractivity contribution in [1.29, 1.82) is 0 Å². The van der Waals surface area contributed by atoms with E-state index >= 15 is 0 Å². The van der Waals surface area contributed by atoms with Crippen molar-refractivity contribution < 1.29 is 16.5 Å². The zero-order valence-corrected chi connectivity index (χ0v) is 4.64. The summed E-state index contributed by atoms with van der Waals surface area (Å²) >= 11 is 0. The van der Waals surface area contributed by atoms with Gasteiger partial charge in [-0.15, -0.1) is 0 Å². The largest absolute Gasteiger partial charge is 0.265 e. The Bertz CT molecular complexity index is 80.0. The molecule has 40 valence electrons. The Kier molecular flexibility index (Phi) is 3.63. The van der Waals surface area contributed by atoms with E-state index in [0.717, 1.165) is 0 Å². The maximum atomic E-state index is 3.78. The second kappa shape index (κ2) is 3.82. The molecule has 1 aromatic heterocycles. The molecule has 0 radical (unpaired) electrons. The summed E-state index contributed by atoms with van der Waals surface area (Å²) in [5.41, 5.74) is 0. The minimum Gasteiger partial charge on any atom is -0.265 e. The molecule has 2 heteroatoms. The molecule has 0 aliphatic heterocycles. The Morgan fingerprint density at radius 1 is 0.857 bits per heavy atom. The summed E-state index contributed by atoms with van der Waals surface area (Å²) in [5, 5.41) is 0. The van der Waals surface area contributed by atoms with E-state index in [-0.39, 0.29) is 16.5 Å². The molecule has 7 heavy (non-hydrogen) atoms. The van der Waals surface area contributed by atoms with Gasteiger partial charge < -0.3 is 0 Å². The molecule has 1 nitrogen and oxygen atoms in total. The summed E-state index contributed by atoms with van der Waals surface area (Å²) in [6, 6.07) is 5.72. The van der Waals surface area contributed by atoms with Gasteiger partial charge in [-0.3, -0.25) is 4.98 Å². The van der Waals surface area contributed by atoms with Crippen molar-refractivity contribution in [2.75, 3.05) is 0 Å². The third-order valence-corrected chi connectivity index (χ3v) is 0.566. The van der Waals surface area contributed by atoms with Crippen LogP contribution in [0.1, 0.15) is 0 Å². The Balaban J connectivity index is 0.000000360.